The zero-order valence-electron chi connectivity index (χ0n) is 11.4. The summed E-state index contributed by atoms with van der Waals surface area (Å²) in [6, 6.07) is 5.51. The summed E-state index contributed by atoms with van der Waals surface area (Å²) >= 11 is 0. The fraction of sp³-hybridized carbons (Fsp3) is 0.357. The van der Waals surface area contributed by atoms with Crippen molar-refractivity contribution in [3.8, 4) is 0 Å². The molecule has 0 heterocycles. The van der Waals surface area contributed by atoms with Crippen molar-refractivity contribution in [3.63, 3.8) is 0 Å². The second-order valence-corrected chi connectivity index (χ2v) is 6.86. The summed E-state index contributed by atoms with van der Waals surface area (Å²) in [7, 11) is -3.48. The molecule has 0 aliphatic heterocycles. The first-order valence-electron chi connectivity index (χ1n) is 5.99. The standard InChI is InChI=1S/C14H19NO3S/c1-5-9-19(17,18)12(4)14(16)15-13-8-6-7-10(2)11(13)3/h5-8,12H,1,9H2,2-4H3,(H,15,16). The third-order valence-corrected chi connectivity index (χ3v) is 5.11. The van der Waals surface area contributed by atoms with Gasteiger partial charge in [-0.1, -0.05) is 18.2 Å². The zero-order valence-corrected chi connectivity index (χ0v) is 12.3. The van der Waals surface area contributed by atoms with Crippen LogP contribution in [0, 0.1) is 13.8 Å². The molecular weight excluding hydrogens is 262 g/mol. The minimum Gasteiger partial charge on any atom is -0.325 e. The molecule has 0 saturated heterocycles. The molecule has 0 bridgehead atoms. The van der Waals surface area contributed by atoms with Gasteiger partial charge in [0.05, 0.1) is 5.75 Å². The number of carbonyl (C=O) groups is 1. The van der Waals surface area contributed by atoms with E-state index in [4.69, 9.17) is 0 Å². The van der Waals surface area contributed by atoms with Gasteiger partial charge in [-0.25, -0.2) is 8.42 Å². The second-order valence-electron chi connectivity index (χ2n) is 4.50. The van der Waals surface area contributed by atoms with E-state index in [0.29, 0.717) is 5.69 Å². The number of hydrogen-bond acceptors (Lipinski definition) is 3. The molecule has 1 rings (SSSR count). The second kappa shape index (κ2) is 6.02. The lowest BCUT2D eigenvalue weighted by Crippen LogP contribution is -2.34. The van der Waals surface area contributed by atoms with Crippen molar-refractivity contribution in [3.05, 3.63) is 42.0 Å². The van der Waals surface area contributed by atoms with Crippen molar-refractivity contribution >= 4 is 21.4 Å². The summed E-state index contributed by atoms with van der Waals surface area (Å²) in [6.45, 7) is 8.59. The summed E-state index contributed by atoms with van der Waals surface area (Å²) in [5, 5.41) is 1.57. The van der Waals surface area contributed by atoms with E-state index in [1.54, 1.807) is 6.07 Å². The lowest BCUT2D eigenvalue weighted by molar-refractivity contribution is -0.115. The van der Waals surface area contributed by atoms with Crippen molar-refractivity contribution in [1.29, 1.82) is 0 Å². The van der Waals surface area contributed by atoms with Crippen molar-refractivity contribution < 1.29 is 13.2 Å². The van der Waals surface area contributed by atoms with E-state index in [2.05, 4.69) is 11.9 Å². The molecule has 4 nitrogen and oxygen atoms in total. The molecule has 1 amide bonds. The van der Waals surface area contributed by atoms with Crippen LogP contribution in [0.5, 0.6) is 0 Å². The van der Waals surface area contributed by atoms with Crippen molar-refractivity contribution in [2.24, 2.45) is 0 Å². The molecule has 1 aromatic carbocycles. The van der Waals surface area contributed by atoms with E-state index in [9.17, 15) is 13.2 Å². The molecule has 1 N–H and O–H groups in total. The molecule has 104 valence electrons. The highest BCUT2D eigenvalue weighted by Gasteiger charge is 2.27. The van der Waals surface area contributed by atoms with Gasteiger partial charge in [-0.05, 0) is 38.0 Å². The molecule has 0 aromatic heterocycles. The van der Waals surface area contributed by atoms with E-state index in [-0.39, 0.29) is 5.75 Å². The topological polar surface area (TPSA) is 63.2 Å². The third kappa shape index (κ3) is 3.67. The van der Waals surface area contributed by atoms with Gasteiger partial charge in [-0.3, -0.25) is 4.79 Å². The van der Waals surface area contributed by atoms with Crippen LogP contribution in [0.15, 0.2) is 30.9 Å². The van der Waals surface area contributed by atoms with Gasteiger partial charge in [-0.15, -0.1) is 6.58 Å². The van der Waals surface area contributed by atoms with Crippen LogP contribution in [0.2, 0.25) is 0 Å². The number of rotatable bonds is 5. The molecule has 0 aliphatic carbocycles. The molecule has 0 fully saturated rings. The molecule has 0 spiro atoms. The van der Waals surface area contributed by atoms with Gasteiger partial charge in [0, 0.05) is 5.69 Å². The highest BCUT2D eigenvalue weighted by Crippen LogP contribution is 2.18. The molecule has 1 unspecified atom stereocenters. The summed E-state index contributed by atoms with van der Waals surface area (Å²) in [5.74, 6) is -0.718. The van der Waals surface area contributed by atoms with E-state index in [1.807, 2.05) is 26.0 Å². The Bertz CT molecular complexity index is 591. The number of benzene rings is 1. The number of anilines is 1. The molecule has 19 heavy (non-hydrogen) atoms. The smallest absolute Gasteiger partial charge is 0.242 e. The minimum absolute atomic E-state index is 0.200. The molecule has 1 aromatic rings. The van der Waals surface area contributed by atoms with Gasteiger partial charge < -0.3 is 5.32 Å². The molecule has 0 radical (unpaired) electrons. The van der Waals surface area contributed by atoms with Crippen LogP contribution in [0.3, 0.4) is 0 Å². The Morgan fingerprint density at radius 2 is 2.05 bits per heavy atom. The van der Waals surface area contributed by atoms with E-state index >= 15 is 0 Å². The number of hydrogen-bond donors (Lipinski definition) is 1. The molecular formula is C14H19NO3S. The summed E-state index contributed by atoms with van der Waals surface area (Å²) in [6.07, 6.45) is 1.29. The Labute approximate surface area is 114 Å². The van der Waals surface area contributed by atoms with Crippen LogP contribution in [0.25, 0.3) is 0 Å². The average Bonchev–Trinajstić information content (AvgIpc) is 2.33. The van der Waals surface area contributed by atoms with Crippen LogP contribution in [-0.2, 0) is 14.6 Å². The van der Waals surface area contributed by atoms with Gasteiger partial charge in [0.15, 0.2) is 9.84 Å². The average molecular weight is 281 g/mol. The normalized spacial score (nSPS) is 12.8. The Balaban J connectivity index is 2.91. The summed E-state index contributed by atoms with van der Waals surface area (Å²) in [5.41, 5.74) is 2.62. The first-order chi connectivity index (χ1) is 8.79. The predicted octanol–water partition coefficient (Wildman–Crippen LogP) is 2.23. The summed E-state index contributed by atoms with van der Waals surface area (Å²) in [4.78, 5) is 12.0. The maximum Gasteiger partial charge on any atom is 0.242 e. The maximum absolute atomic E-state index is 12.0. The van der Waals surface area contributed by atoms with E-state index in [0.717, 1.165) is 11.1 Å². The highest BCUT2D eigenvalue weighted by molar-refractivity contribution is 7.92. The Morgan fingerprint density at radius 3 is 2.63 bits per heavy atom. The highest BCUT2D eigenvalue weighted by atomic mass is 32.2. The lowest BCUT2D eigenvalue weighted by Gasteiger charge is -2.14. The SMILES string of the molecule is C=CCS(=O)(=O)C(C)C(=O)Nc1cccc(C)c1C. The monoisotopic (exact) mass is 281 g/mol. The van der Waals surface area contributed by atoms with Crippen LogP contribution in [0.1, 0.15) is 18.1 Å². The first-order valence-corrected chi connectivity index (χ1v) is 7.70. The Morgan fingerprint density at radius 1 is 1.42 bits per heavy atom. The minimum atomic E-state index is -3.48. The largest absolute Gasteiger partial charge is 0.325 e. The molecule has 0 aliphatic rings. The number of aryl methyl sites for hydroxylation is 1. The van der Waals surface area contributed by atoms with Crippen LogP contribution in [0.4, 0.5) is 5.69 Å². The number of amides is 1. The van der Waals surface area contributed by atoms with Crippen molar-refractivity contribution in [1.82, 2.24) is 0 Å². The van der Waals surface area contributed by atoms with Crippen molar-refractivity contribution in [2.45, 2.75) is 26.0 Å². The quantitative estimate of drug-likeness (QED) is 0.842. The maximum atomic E-state index is 12.0. The van der Waals surface area contributed by atoms with Crippen LogP contribution < -0.4 is 5.32 Å². The van der Waals surface area contributed by atoms with Gasteiger partial charge >= 0.3 is 0 Å². The first kappa shape index (κ1) is 15.4. The van der Waals surface area contributed by atoms with Gasteiger partial charge in [-0.2, -0.15) is 0 Å². The van der Waals surface area contributed by atoms with Gasteiger partial charge in [0.2, 0.25) is 5.91 Å². The van der Waals surface area contributed by atoms with Crippen LogP contribution in [-0.4, -0.2) is 25.3 Å². The van der Waals surface area contributed by atoms with E-state index < -0.39 is 21.0 Å². The zero-order chi connectivity index (χ0) is 14.6. The lowest BCUT2D eigenvalue weighted by atomic mass is 10.1. The molecule has 5 heteroatoms. The van der Waals surface area contributed by atoms with Gasteiger partial charge in [0.25, 0.3) is 0 Å². The predicted molar refractivity (Wildman–Crippen MR) is 78.0 cm³/mol. The van der Waals surface area contributed by atoms with E-state index in [1.165, 1.54) is 13.0 Å². The number of nitrogens with one attached hydrogen (secondary N) is 1. The Kier molecular flexibility index (Phi) is 4.89. The fourth-order valence-electron chi connectivity index (χ4n) is 1.59. The molecule has 1 atom stereocenters. The Hall–Kier alpha value is -1.62. The number of carbonyl (C=O) groups excluding carboxylic acids is 1. The van der Waals surface area contributed by atoms with Gasteiger partial charge in [0.1, 0.15) is 5.25 Å². The third-order valence-electron chi connectivity index (χ3n) is 3.12. The van der Waals surface area contributed by atoms with Crippen LogP contribution >= 0.6 is 0 Å². The molecule has 0 saturated carbocycles. The fourth-order valence-corrected chi connectivity index (χ4v) is 2.59. The number of sulfone groups is 1. The van der Waals surface area contributed by atoms with Crippen molar-refractivity contribution in [2.75, 3.05) is 11.1 Å². The summed E-state index contributed by atoms with van der Waals surface area (Å²) < 4.78 is 23.6.